The number of hydrogen-bond donors (Lipinski definition) is 2. The number of furan rings is 1. The van der Waals surface area contributed by atoms with Gasteiger partial charge in [-0.25, -0.2) is 4.98 Å². The third kappa shape index (κ3) is 4.11. The second-order valence-electron chi connectivity index (χ2n) is 7.18. The molecule has 1 aromatic carbocycles. The van der Waals surface area contributed by atoms with Gasteiger partial charge in [0, 0.05) is 36.5 Å². The van der Waals surface area contributed by atoms with Crippen LogP contribution in [-0.2, 0) is 11.2 Å². The number of anilines is 1. The molecule has 27 heavy (non-hydrogen) atoms. The molecule has 142 valence electrons. The fraction of sp³-hybridized carbons (Fsp3) is 0.400. The van der Waals surface area contributed by atoms with Crippen LogP contribution in [0.15, 0.2) is 41.0 Å². The van der Waals surface area contributed by atoms with E-state index in [1.165, 1.54) is 0 Å². The predicted molar refractivity (Wildman–Crippen MR) is 106 cm³/mol. The van der Waals surface area contributed by atoms with Crippen molar-refractivity contribution >= 4 is 34.5 Å². The lowest BCUT2D eigenvalue weighted by molar-refractivity contribution is -0.126. The molecule has 1 atom stereocenters. The Kier molecular flexibility index (Phi) is 5.07. The number of carbonyl (C=O) groups excluding carboxylic acids is 1. The number of imidazole rings is 1. The van der Waals surface area contributed by atoms with E-state index in [4.69, 9.17) is 16.0 Å². The first-order valence-electron chi connectivity index (χ1n) is 9.31. The molecule has 2 aromatic heterocycles. The average molecular weight is 387 g/mol. The van der Waals surface area contributed by atoms with Gasteiger partial charge < -0.3 is 19.6 Å². The molecule has 0 radical (unpaired) electrons. The number of piperidine rings is 1. The molecule has 1 amide bonds. The molecule has 6 nitrogen and oxygen atoms in total. The topological polar surface area (TPSA) is 74.2 Å². The molecular weight excluding hydrogens is 364 g/mol. The number of nitrogens with one attached hydrogen (secondary N) is 2. The summed E-state index contributed by atoms with van der Waals surface area (Å²) in [6, 6.07) is 9.50. The molecule has 1 saturated heterocycles. The van der Waals surface area contributed by atoms with E-state index < -0.39 is 0 Å². The number of hydrogen-bond acceptors (Lipinski definition) is 4. The van der Waals surface area contributed by atoms with Crippen LogP contribution in [-0.4, -0.2) is 35.0 Å². The maximum Gasteiger partial charge on any atom is 0.223 e. The van der Waals surface area contributed by atoms with Crippen molar-refractivity contribution in [2.24, 2.45) is 5.92 Å². The quantitative estimate of drug-likeness (QED) is 0.699. The standard InChI is InChI=1S/C20H23ClN4O2/c1-13(11-16-3-2-10-27-16)22-19(26)14-6-8-25(9-7-14)20-23-17-5-4-15(21)12-18(17)24-20/h2-5,10,12-14H,6-9,11H2,1H3,(H,22,26)(H,23,24)/t13-/m1/s1. The Labute approximate surface area is 162 Å². The molecule has 0 unspecified atom stereocenters. The minimum absolute atomic E-state index is 0.0409. The lowest BCUT2D eigenvalue weighted by Crippen LogP contribution is -2.43. The third-order valence-electron chi connectivity index (χ3n) is 5.07. The zero-order valence-electron chi connectivity index (χ0n) is 15.2. The van der Waals surface area contributed by atoms with Gasteiger partial charge in [-0.05, 0) is 50.1 Å². The molecule has 7 heteroatoms. The van der Waals surface area contributed by atoms with Crippen molar-refractivity contribution in [3.8, 4) is 0 Å². The summed E-state index contributed by atoms with van der Waals surface area (Å²) in [5.74, 6) is 1.91. The number of fused-ring (bicyclic) bond motifs is 1. The van der Waals surface area contributed by atoms with E-state index in [9.17, 15) is 4.79 Å². The number of halogens is 1. The summed E-state index contributed by atoms with van der Waals surface area (Å²) in [6.45, 7) is 3.62. The molecule has 0 bridgehead atoms. The number of carbonyl (C=O) groups is 1. The molecule has 0 spiro atoms. The van der Waals surface area contributed by atoms with Crippen molar-refractivity contribution in [1.29, 1.82) is 0 Å². The normalized spacial score (nSPS) is 16.6. The highest BCUT2D eigenvalue weighted by atomic mass is 35.5. The van der Waals surface area contributed by atoms with Gasteiger partial charge in [-0.3, -0.25) is 4.79 Å². The van der Waals surface area contributed by atoms with Crippen LogP contribution in [0.25, 0.3) is 11.0 Å². The number of nitrogens with zero attached hydrogens (tertiary/aromatic N) is 2. The van der Waals surface area contributed by atoms with E-state index in [2.05, 4.69) is 20.2 Å². The SMILES string of the molecule is C[C@H](Cc1ccco1)NC(=O)C1CCN(c2nc3ccc(Cl)cc3[nH]2)CC1. The fourth-order valence-electron chi connectivity index (χ4n) is 3.61. The smallest absolute Gasteiger partial charge is 0.223 e. The maximum atomic E-state index is 12.6. The van der Waals surface area contributed by atoms with Gasteiger partial charge >= 0.3 is 0 Å². The van der Waals surface area contributed by atoms with Crippen molar-refractivity contribution in [2.45, 2.75) is 32.2 Å². The summed E-state index contributed by atoms with van der Waals surface area (Å²) < 4.78 is 5.35. The number of aromatic amines is 1. The molecule has 3 heterocycles. The summed E-state index contributed by atoms with van der Waals surface area (Å²) in [5.41, 5.74) is 1.84. The largest absolute Gasteiger partial charge is 0.469 e. The van der Waals surface area contributed by atoms with Crippen LogP contribution in [0.5, 0.6) is 0 Å². The van der Waals surface area contributed by atoms with Crippen molar-refractivity contribution in [2.75, 3.05) is 18.0 Å². The zero-order chi connectivity index (χ0) is 18.8. The van der Waals surface area contributed by atoms with Crippen LogP contribution in [0, 0.1) is 5.92 Å². The Morgan fingerprint density at radius 3 is 2.96 bits per heavy atom. The highest BCUT2D eigenvalue weighted by Crippen LogP contribution is 2.25. The van der Waals surface area contributed by atoms with Crippen LogP contribution in [0.2, 0.25) is 5.02 Å². The average Bonchev–Trinajstić information content (AvgIpc) is 3.30. The number of H-pyrrole nitrogens is 1. The second kappa shape index (κ2) is 7.64. The number of aromatic nitrogens is 2. The summed E-state index contributed by atoms with van der Waals surface area (Å²) in [5, 5.41) is 3.81. The Morgan fingerprint density at radius 2 is 2.22 bits per heavy atom. The van der Waals surface area contributed by atoms with Gasteiger partial charge in [-0.15, -0.1) is 0 Å². The fourth-order valence-corrected chi connectivity index (χ4v) is 3.79. The lowest BCUT2D eigenvalue weighted by atomic mass is 9.95. The summed E-state index contributed by atoms with van der Waals surface area (Å²) in [6.07, 6.45) is 4.00. The van der Waals surface area contributed by atoms with Crippen molar-refractivity contribution in [3.63, 3.8) is 0 Å². The van der Waals surface area contributed by atoms with E-state index in [-0.39, 0.29) is 17.9 Å². The number of amides is 1. The van der Waals surface area contributed by atoms with Crippen LogP contribution >= 0.6 is 11.6 Å². The van der Waals surface area contributed by atoms with Crippen LogP contribution in [0.3, 0.4) is 0 Å². The number of rotatable bonds is 5. The molecule has 4 rings (SSSR count). The summed E-state index contributed by atoms with van der Waals surface area (Å²) in [4.78, 5) is 22.7. The molecule has 2 N–H and O–H groups in total. The Balaban J connectivity index is 1.31. The molecule has 0 saturated carbocycles. The Morgan fingerprint density at radius 1 is 1.41 bits per heavy atom. The Bertz CT molecular complexity index is 913. The van der Waals surface area contributed by atoms with Gasteiger partial charge in [0.25, 0.3) is 0 Å². The van der Waals surface area contributed by atoms with Gasteiger partial charge in [-0.1, -0.05) is 11.6 Å². The lowest BCUT2D eigenvalue weighted by Gasteiger charge is -2.31. The highest BCUT2D eigenvalue weighted by Gasteiger charge is 2.27. The van der Waals surface area contributed by atoms with Crippen molar-refractivity contribution in [1.82, 2.24) is 15.3 Å². The third-order valence-corrected chi connectivity index (χ3v) is 5.31. The number of benzene rings is 1. The van der Waals surface area contributed by atoms with Gasteiger partial charge in [0.1, 0.15) is 5.76 Å². The van der Waals surface area contributed by atoms with Crippen LogP contribution in [0.1, 0.15) is 25.5 Å². The highest BCUT2D eigenvalue weighted by molar-refractivity contribution is 6.31. The van der Waals surface area contributed by atoms with E-state index in [1.807, 2.05) is 37.3 Å². The first-order valence-corrected chi connectivity index (χ1v) is 9.69. The minimum Gasteiger partial charge on any atom is -0.469 e. The second-order valence-corrected chi connectivity index (χ2v) is 7.61. The van der Waals surface area contributed by atoms with Gasteiger partial charge in [0.2, 0.25) is 11.9 Å². The summed E-state index contributed by atoms with van der Waals surface area (Å²) >= 11 is 6.04. The summed E-state index contributed by atoms with van der Waals surface area (Å²) in [7, 11) is 0. The maximum absolute atomic E-state index is 12.6. The van der Waals surface area contributed by atoms with E-state index in [1.54, 1.807) is 6.26 Å². The van der Waals surface area contributed by atoms with Gasteiger partial charge in [0.05, 0.1) is 17.3 Å². The van der Waals surface area contributed by atoms with Gasteiger partial charge in [0.15, 0.2) is 0 Å². The van der Waals surface area contributed by atoms with E-state index >= 15 is 0 Å². The molecule has 3 aromatic rings. The molecule has 1 aliphatic rings. The zero-order valence-corrected chi connectivity index (χ0v) is 16.0. The molecular formula is C20H23ClN4O2. The van der Waals surface area contributed by atoms with Crippen molar-refractivity contribution in [3.05, 3.63) is 47.4 Å². The molecule has 1 aliphatic heterocycles. The monoisotopic (exact) mass is 386 g/mol. The minimum atomic E-state index is 0.0409. The van der Waals surface area contributed by atoms with Gasteiger partial charge in [-0.2, -0.15) is 0 Å². The van der Waals surface area contributed by atoms with Crippen molar-refractivity contribution < 1.29 is 9.21 Å². The molecule has 1 fully saturated rings. The van der Waals surface area contributed by atoms with E-state index in [0.29, 0.717) is 11.4 Å². The van der Waals surface area contributed by atoms with Crippen LogP contribution < -0.4 is 10.2 Å². The Hall–Kier alpha value is -2.47. The first-order chi connectivity index (χ1) is 13.1. The first kappa shape index (κ1) is 17.9. The van der Waals surface area contributed by atoms with E-state index in [0.717, 1.165) is 48.7 Å². The molecule has 0 aliphatic carbocycles. The predicted octanol–water partition coefficient (Wildman–Crippen LogP) is 3.77. The van der Waals surface area contributed by atoms with Crippen LogP contribution in [0.4, 0.5) is 5.95 Å².